The first kappa shape index (κ1) is 14.0. The molecule has 4 nitrogen and oxygen atoms in total. The number of sulfonamides is 1. The van der Waals surface area contributed by atoms with Gasteiger partial charge in [0, 0.05) is 10.5 Å². The highest BCUT2D eigenvalue weighted by molar-refractivity contribution is 9.10. The second-order valence-electron chi connectivity index (χ2n) is 4.53. The fourth-order valence-electron chi connectivity index (χ4n) is 2.13. The molecular formula is C12H16BrNO3S. The summed E-state index contributed by atoms with van der Waals surface area (Å²) in [5.41, 5.74) is 0. The Labute approximate surface area is 116 Å². The van der Waals surface area contributed by atoms with E-state index in [1.165, 1.54) is 0 Å². The fraction of sp³-hybridized carbons (Fsp3) is 0.500. The molecule has 1 aliphatic rings. The third-order valence-corrected chi connectivity index (χ3v) is 5.19. The number of rotatable bonds is 3. The monoisotopic (exact) mass is 333 g/mol. The molecule has 1 aromatic carbocycles. The third-order valence-electron chi connectivity index (χ3n) is 3.16. The van der Waals surface area contributed by atoms with Gasteiger partial charge in [0.2, 0.25) is 10.0 Å². The lowest BCUT2D eigenvalue weighted by Gasteiger charge is -2.28. The van der Waals surface area contributed by atoms with Crippen molar-refractivity contribution in [3.05, 3.63) is 28.7 Å². The zero-order valence-corrected chi connectivity index (χ0v) is 12.2. The molecule has 0 spiro atoms. The summed E-state index contributed by atoms with van der Waals surface area (Å²) in [6, 6.07) is 6.09. The van der Waals surface area contributed by atoms with E-state index in [1.807, 2.05) is 0 Å². The van der Waals surface area contributed by atoms with Gasteiger partial charge in [-0.05, 0) is 37.1 Å². The van der Waals surface area contributed by atoms with Gasteiger partial charge >= 0.3 is 0 Å². The zero-order valence-electron chi connectivity index (χ0n) is 9.84. The first-order valence-corrected chi connectivity index (χ1v) is 8.22. The average Bonchev–Trinajstić information content (AvgIpc) is 2.32. The maximum absolute atomic E-state index is 12.1. The van der Waals surface area contributed by atoms with Crippen LogP contribution in [0.3, 0.4) is 0 Å². The third kappa shape index (κ3) is 3.32. The molecule has 0 aliphatic heterocycles. The van der Waals surface area contributed by atoms with Crippen molar-refractivity contribution in [1.29, 1.82) is 0 Å². The lowest BCUT2D eigenvalue weighted by molar-refractivity contribution is 0.101. The van der Waals surface area contributed by atoms with Gasteiger partial charge in [0.05, 0.1) is 11.0 Å². The van der Waals surface area contributed by atoms with E-state index in [1.54, 1.807) is 24.3 Å². The van der Waals surface area contributed by atoms with Crippen LogP contribution in [-0.4, -0.2) is 25.7 Å². The topological polar surface area (TPSA) is 66.4 Å². The second-order valence-corrected chi connectivity index (χ2v) is 7.16. The molecule has 0 bridgehead atoms. The summed E-state index contributed by atoms with van der Waals surface area (Å²) < 4.78 is 27.7. The average molecular weight is 334 g/mol. The van der Waals surface area contributed by atoms with Crippen LogP contribution in [-0.2, 0) is 10.0 Å². The molecule has 1 fully saturated rings. The van der Waals surface area contributed by atoms with Gasteiger partial charge in [0.1, 0.15) is 0 Å². The second kappa shape index (κ2) is 5.69. The van der Waals surface area contributed by atoms with Gasteiger partial charge in [0.15, 0.2) is 0 Å². The summed E-state index contributed by atoms with van der Waals surface area (Å²) in [6.45, 7) is 0. The van der Waals surface area contributed by atoms with Crippen molar-refractivity contribution < 1.29 is 13.5 Å². The number of benzene rings is 1. The van der Waals surface area contributed by atoms with Gasteiger partial charge in [-0.25, -0.2) is 13.1 Å². The standard InChI is InChI=1S/C12H16BrNO3S/c13-9-5-7-10(8-6-9)18(16,17)14-11-3-1-2-4-12(11)15/h5-8,11-12,14-15H,1-4H2/t11-,12+/m1/s1. The molecule has 1 aliphatic carbocycles. The molecule has 0 aromatic heterocycles. The van der Waals surface area contributed by atoms with Gasteiger partial charge in [-0.2, -0.15) is 0 Å². The van der Waals surface area contributed by atoms with Crippen LogP contribution in [0, 0.1) is 0 Å². The lowest BCUT2D eigenvalue weighted by Crippen LogP contribution is -2.44. The predicted octanol–water partition coefficient (Wildman–Crippen LogP) is 2.03. The van der Waals surface area contributed by atoms with E-state index in [0.717, 1.165) is 17.3 Å². The number of hydrogen-bond acceptors (Lipinski definition) is 3. The summed E-state index contributed by atoms with van der Waals surface area (Å²) in [5.74, 6) is 0. The van der Waals surface area contributed by atoms with Crippen molar-refractivity contribution in [1.82, 2.24) is 4.72 Å². The Morgan fingerprint density at radius 2 is 1.78 bits per heavy atom. The van der Waals surface area contributed by atoms with Crippen molar-refractivity contribution in [2.24, 2.45) is 0 Å². The SMILES string of the molecule is O=S(=O)(N[C@@H]1CCCC[C@@H]1O)c1ccc(Br)cc1. The summed E-state index contributed by atoms with van der Waals surface area (Å²) in [4.78, 5) is 0.225. The van der Waals surface area contributed by atoms with E-state index in [0.29, 0.717) is 12.8 Å². The Morgan fingerprint density at radius 3 is 2.39 bits per heavy atom. The van der Waals surface area contributed by atoms with Gasteiger partial charge in [-0.3, -0.25) is 0 Å². The van der Waals surface area contributed by atoms with Crippen molar-refractivity contribution in [3.8, 4) is 0 Å². The van der Waals surface area contributed by atoms with Crippen molar-refractivity contribution >= 4 is 26.0 Å². The first-order valence-electron chi connectivity index (χ1n) is 5.95. The molecule has 2 N–H and O–H groups in total. The van der Waals surface area contributed by atoms with E-state index in [9.17, 15) is 13.5 Å². The minimum absolute atomic E-state index is 0.225. The molecule has 0 amide bonds. The van der Waals surface area contributed by atoms with Crippen LogP contribution in [0.15, 0.2) is 33.6 Å². The number of halogens is 1. The normalized spacial score (nSPS) is 25.0. The maximum Gasteiger partial charge on any atom is 0.240 e. The summed E-state index contributed by atoms with van der Waals surface area (Å²) in [5, 5.41) is 9.79. The largest absolute Gasteiger partial charge is 0.391 e. The van der Waals surface area contributed by atoms with Crippen LogP contribution in [0.2, 0.25) is 0 Å². The molecule has 1 aromatic rings. The summed E-state index contributed by atoms with van der Waals surface area (Å²) in [7, 11) is -3.54. The summed E-state index contributed by atoms with van der Waals surface area (Å²) in [6.07, 6.45) is 2.68. The molecule has 2 atom stereocenters. The molecule has 0 unspecified atom stereocenters. The zero-order chi connectivity index (χ0) is 13.2. The molecule has 0 saturated heterocycles. The minimum Gasteiger partial charge on any atom is -0.391 e. The van der Waals surface area contributed by atoms with Crippen LogP contribution in [0.4, 0.5) is 0 Å². The Bertz CT molecular complexity index is 501. The van der Waals surface area contributed by atoms with Crippen LogP contribution >= 0.6 is 15.9 Å². The van der Waals surface area contributed by atoms with E-state index in [2.05, 4.69) is 20.7 Å². The van der Waals surface area contributed by atoms with E-state index < -0.39 is 16.1 Å². The smallest absolute Gasteiger partial charge is 0.240 e. The number of nitrogens with one attached hydrogen (secondary N) is 1. The van der Waals surface area contributed by atoms with E-state index in [-0.39, 0.29) is 10.9 Å². The van der Waals surface area contributed by atoms with Crippen molar-refractivity contribution in [2.75, 3.05) is 0 Å². The lowest BCUT2D eigenvalue weighted by atomic mass is 9.93. The molecule has 2 rings (SSSR count). The maximum atomic E-state index is 12.1. The highest BCUT2D eigenvalue weighted by atomic mass is 79.9. The van der Waals surface area contributed by atoms with Gasteiger partial charge in [-0.1, -0.05) is 28.8 Å². The molecular weight excluding hydrogens is 318 g/mol. The quantitative estimate of drug-likeness (QED) is 0.889. The first-order chi connectivity index (χ1) is 8.49. The molecule has 1 saturated carbocycles. The van der Waals surface area contributed by atoms with Crippen LogP contribution in [0.25, 0.3) is 0 Å². The van der Waals surface area contributed by atoms with Crippen LogP contribution < -0.4 is 4.72 Å². The van der Waals surface area contributed by atoms with Crippen LogP contribution in [0.1, 0.15) is 25.7 Å². The van der Waals surface area contributed by atoms with Gasteiger partial charge in [-0.15, -0.1) is 0 Å². The van der Waals surface area contributed by atoms with Gasteiger partial charge in [0.25, 0.3) is 0 Å². The number of aliphatic hydroxyl groups is 1. The Morgan fingerprint density at radius 1 is 1.17 bits per heavy atom. The fourth-order valence-corrected chi connectivity index (χ4v) is 3.70. The highest BCUT2D eigenvalue weighted by Crippen LogP contribution is 2.21. The Kier molecular flexibility index (Phi) is 4.42. The minimum atomic E-state index is -3.54. The van der Waals surface area contributed by atoms with E-state index in [4.69, 9.17) is 0 Å². The Hall–Kier alpha value is -0.430. The Balaban J connectivity index is 2.13. The predicted molar refractivity (Wildman–Crippen MR) is 72.7 cm³/mol. The molecule has 0 heterocycles. The van der Waals surface area contributed by atoms with Crippen LogP contribution in [0.5, 0.6) is 0 Å². The van der Waals surface area contributed by atoms with Crippen molar-refractivity contribution in [2.45, 2.75) is 42.7 Å². The number of hydrogen-bond donors (Lipinski definition) is 2. The molecule has 0 radical (unpaired) electrons. The molecule has 18 heavy (non-hydrogen) atoms. The summed E-state index contributed by atoms with van der Waals surface area (Å²) >= 11 is 3.27. The van der Waals surface area contributed by atoms with E-state index >= 15 is 0 Å². The molecule has 6 heteroatoms. The highest BCUT2D eigenvalue weighted by Gasteiger charge is 2.27. The number of aliphatic hydroxyl groups excluding tert-OH is 1. The van der Waals surface area contributed by atoms with Crippen molar-refractivity contribution in [3.63, 3.8) is 0 Å². The van der Waals surface area contributed by atoms with Gasteiger partial charge < -0.3 is 5.11 Å². The molecule has 100 valence electrons.